The van der Waals surface area contributed by atoms with Crippen molar-refractivity contribution in [2.24, 2.45) is 11.8 Å². The first kappa shape index (κ1) is 14.9. The minimum absolute atomic E-state index is 0.792. The average Bonchev–Trinajstić information content (AvgIpc) is 2.70. The Kier molecular flexibility index (Phi) is 5.28. The lowest BCUT2D eigenvalue weighted by atomic mass is 10.0. The van der Waals surface area contributed by atoms with Crippen LogP contribution >= 0.6 is 15.9 Å². The number of halogens is 1. The normalized spacial score (nSPS) is 23.1. The van der Waals surface area contributed by atoms with Crippen molar-refractivity contribution in [3.63, 3.8) is 0 Å². The van der Waals surface area contributed by atoms with Crippen molar-refractivity contribution in [3.05, 3.63) is 28.2 Å². The molecule has 2 atom stereocenters. The number of benzene rings is 1. The predicted molar refractivity (Wildman–Crippen MR) is 86.7 cm³/mol. The third kappa shape index (κ3) is 3.73. The molecular weight excluding hydrogens is 300 g/mol. The molecule has 0 aromatic heterocycles. The maximum Gasteiger partial charge on any atom is 0.0412 e. The van der Waals surface area contributed by atoms with Gasteiger partial charge in [0, 0.05) is 29.8 Å². The fourth-order valence-electron chi connectivity index (χ4n) is 2.73. The van der Waals surface area contributed by atoms with Crippen molar-refractivity contribution in [2.75, 3.05) is 24.5 Å². The second kappa shape index (κ2) is 6.76. The minimum Gasteiger partial charge on any atom is -0.371 e. The Morgan fingerprint density at radius 1 is 1.26 bits per heavy atom. The average molecular weight is 325 g/mol. The lowest BCUT2D eigenvalue weighted by Gasteiger charge is -2.22. The molecule has 2 rings (SSSR count). The van der Waals surface area contributed by atoms with Crippen LogP contribution in [-0.4, -0.2) is 19.6 Å². The highest BCUT2D eigenvalue weighted by atomic mass is 79.9. The quantitative estimate of drug-likeness (QED) is 0.822. The summed E-state index contributed by atoms with van der Waals surface area (Å²) in [6.45, 7) is 11.3. The van der Waals surface area contributed by atoms with Gasteiger partial charge in [-0.05, 0) is 48.6 Å². The molecule has 0 spiro atoms. The van der Waals surface area contributed by atoms with Crippen molar-refractivity contribution in [3.8, 4) is 0 Å². The Morgan fingerprint density at radius 2 is 1.95 bits per heavy atom. The van der Waals surface area contributed by atoms with Gasteiger partial charge < -0.3 is 10.2 Å². The fourth-order valence-corrected chi connectivity index (χ4v) is 3.14. The summed E-state index contributed by atoms with van der Waals surface area (Å²) in [4.78, 5) is 2.55. The molecule has 1 N–H and O–H groups in total. The van der Waals surface area contributed by atoms with E-state index in [9.17, 15) is 0 Å². The van der Waals surface area contributed by atoms with Crippen molar-refractivity contribution >= 4 is 21.6 Å². The van der Waals surface area contributed by atoms with Gasteiger partial charge in [0.25, 0.3) is 0 Å². The zero-order valence-corrected chi connectivity index (χ0v) is 13.8. The fraction of sp³-hybridized carbons (Fsp3) is 0.625. The zero-order chi connectivity index (χ0) is 13.8. The van der Waals surface area contributed by atoms with Gasteiger partial charge in [-0.15, -0.1) is 0 Å². The van der Waals surface area contributed by atoms with E-state index in [0.717, 1.165) is 24.9 Å². The minimum atomic E-state index is 0.792. The highest BCUT2D eigenvalue weighted by Crippen LogP contribution is 2.31. The lowest BCUT2D eigenvalue weighted by Crippen LogP contribution is -2.23. The number of anilines is 1. The van der Waals surface area contributed by atoms with Crippen molar-refractivity contribution < 1.29 is 0 Å². The van der Waals surface area contributed by atoms with E-state index in [2.05, 4.69) is 65.1 Å². The molecule has 0 radical (unpaired) electrons. The molecule has 0 amide bonds. The van der Waals surface area contributed by atoms with E-state index < -0.39 is 0 Å². The van der Waals surface area contributed by atoms with Gasteiger partial charge in [-0.1, -0.05) is 36.7 Å². The van der Waals surface area contributed by atoms with Crippen molar-refractivity contribution in [1.29, 1.82) is 0 Å². The summed E-state index contributed by atoms with van der Waals surface area (Å²) in [7, 11) is 0. The summed E-state index contributed by atoms with van der Waals surface area (Å²) in [6.07, 6.45) is 1.18. The van der Waals surface area contributed by atoms with Gasteiger partial charge in [-0.2, -0.15) is 0 Å². The largest absolute Gasteiger partial charge is 0.371 e. The number of nitrogens with one attached hydrogen (secondary N) is 1. The van der Waals surface area contributed by atoms with Crippen LogP contribution in [-0.2, 0) is 6.54 Å². The monoisotopic (exact) mass is 324 g/mol. The van der Waals surface area contributed by atoms with Crippen molar-refractivity contribution in [2.45, 2.75) is 33.7 Å². The number of hydrogen-bond donors (Lipinski definition) is 1. The molecule has 106 valence electrons. The molecule has 1 aromatic carbocycles. The summed E-state index contributed by atoms with van der Waals surface area (Å²) in [5.74, 6) is 1.58. The molecule has 1 aliphatic heterocycles. The molecule has 0 aliphatic carbocycles. The summed E-state index contributed by atoms with van der Waals surface area (Å²) in [6, 6.07) is 6.68. The van der Waals surface area contributed by atoms with E-state index in [1.165, 1.54) is 35.2 Å². The van der Waals surface area contributed by atoms with Crippen LogP contribution in [0.5, 0.6) is 0 Å². The second-order valence-electron chi connectivity index (χ2n) is 5.81. The van der Waals surface area contributed by atoms with E-state index in [-0.39, 0.29) is 0 Å². The van der Waals surface area contributed by atoms with Gasteiger partial charge in [0.15, 0.2) is 0 Å². The van der Waals surface area contributed by atoms with Crippen LogP contribution in [0.2, 0.25) is 0 Å². The first-order valence-corrected chi connectivity index (χ1v) is 8.15. The first-order valence-electron chi connectivity index (χ1n) is 7.36. The van der Waals surface area contributed by atoms with E-state index >= 15 is 0 Å². The van der Waals surface area contributed by atoms with Gasteiger partial charge >= 0.3 is 0 Å². The maximum atomic E-state index is 3.59. The van der Waals surface area contributed by atoms with E-state index in [1.807, 2.05) is 0 Å². The molecule has 2 nitrogen and oxygen atoms in total. The smallest absolute Gasteiger partial charge is 0.0412 e. The third-order valence-corrected chi connectivity index (χ3v) is 4.61. The molecule has 3 heteroatoms. The Morgan fingerprint density at radius 3 is 2.58 bits per heavy atom. The number of rotatable bonds is 5. The van der Waals surface area contributed by atoms with Gasteiger partial charge in [0.05, 0.1) is 0 Å². The molecule has 1 aliphatic rings. The third-order valence-electron chi connectivity index (χ3n) is 4.11. The van der Waals surface area contributed by atoms with Crippen LogP contribution < -0.4 is 10.2 Å². The first-order chi connectivity index (χ1) is 9.11. The summed E-state index contributed by atoms with van der Waals surface area (Å²) in [5.41, 5.74) is 2.81. The zero-order valence-electron chi connectivity index (χ0n) is 12.2. The molecule has 0 bridgehead atoms. The van der Waals surface area contributed by atoms with Crippen LogP contribution in [0.15, 0.2) is 22.7 Å². The maximum absolute atomic E-state index is 3.59. The van der Waals surface area contributed by atoms with E-state index in [0.29, 0.717) is 0 Å². The Balaban J connectivity index is 2.14. The van der Waals surface area contributed by atoms with E-state index in [1.54, 1.807) is 0 Å². The van der Waals surface area contributed by atoms with Gasteiger partial charge in [0.2, 0.25) is 0 Å². The van der Waals surface area contributed by atoms with Crippen LogP contribution in [0.4, 0.5) is 5.69 Å². The highest BCUT2D eigenvalue weighted by Gasteiger charge is 2.27. The van der Waals surface area contributed by atoms with Gasteiger partial charge in [-0.25, -0.2) is 0 Å². The van der Waals surface area contributed by atoms with Crippen molar-refractivity contribution in [1.82, 2.24) is 5.32 Å². The topological polar surface area (TPSA) is 15.3 Å². The summed E-state index contributed by atoms with van der Waals surface area (Å²) in [5, 5.41) is 3.52. The SMILES string of the molecule is CCCNCc1cc(Br)ccc1N1CC(C)C(C)C1. The molecule has 1 fully saturated rings. The lowest BCUT2D eigenvalue weighted by molar-refractivity contribution is 0.494. The molecular formula is C16H25BrN2. The second-order valence-corrected chi connectivity index (χ2v) is 6.73. The Hall–Kier alpha value is -0.540. The molecule has 0 saturated carbocycles. The number of nitrogens with zero attached hydrogens (tertiary/aromatic N) is 1. The molecule has 1 aromatic rings. The molecule has 2 unspecified atom stereocenters. The molecule has 19 heavy (non-hydrogen) atoms. The summed E-state index contributed by atoms with van der Waals surface area (Å²) < 4.78 is 1.17. The molecule has 1 saturated heterocycles. The van der Waals surface area contributed by atoms with Crippen LogP contribution in [0.1, 0.15) is 32.8 Å². The standard InChI is InChI=1S/C16H25BrN2/c1-4-7-18-9-14-8-15(17)5-6-16(14)19-10-12(2)13(3)11-19/h5-6,8,12-13,18H,4,7,9-11H2,1-3H3. The van der Waals surface area contributed by atoms with Gasteiger partial charge in [-0.3, -0.25) is 0 Å². The van der Waals surface area contributed by atoms with Crippen LogP contribution in [0.3, 0.4) is 0 Å². The Bertz CT molecular complexity index is 409. The van der Waals surface area contributed by atoms with Crippen LogP contribution in [0.25, 0.3) is 0 Å². The summed E-state index contributed by atoms with van der Waals surface area (Å²) >= 11 is 3.59. The Labute approximate surface area is 125 Å². The highest BCUT2D eigenvalue weighted by molar-refractivity contribution is 9.10. The van der Waals surface area contributed by atoms with Crippen LogP contribution in [0, 0.1) is 11.8 Å². The molecule has 1 heterocycles. The predicted octanol–water partition coefficient (Wildman–Crippen LogP) is 4.04. The van der Waals surface area contributed by atoms with Gasteiger partial charge in [0.1, 0.15) is 0 Å². The number of hydrogen-bond acceptors (Lipinski definition) is 2. The van der Waals surface area contributed by atoms with E-state index in [4.69, 9.17) is 0 Å².